The fraction of sp³-hybridized carbons (Fsp3) is 0.320. The maximum Gasteiger partial charge on any atom is 0.326 e. The van der Waals surface area contributed by atoms with Crippen LogP contribution in [-0.4, -0.2) is 71.2 Å². The second kappa shape index (κ2) is 21.9. The van der Waals surface area contributed by atoms with Gasteiger partial charge in [-0.05, 0) is 61.1 Å². The van der Waals surface area contributed by atoms with E-state index in [1.165, 1.54) is 10.9 Å². The van der Waals surface area contributed by atoms with Crippen LogP contribution < -0.4 is 0 Å². The van der Waals surface area contributed by atoms with E-state index in [-0.39, 0.29) is 63.7 Å². The fourth-order valence-corrected chi connectivity index (χ4v) is 7.98. The molecule has 0 N–H and O–H groups in total. The third kappa shape index (κ3) is 10.8. The lowest BCUT2D eigenvalue weighted by molar-refractivity contribution is -0.267. The lowest BCUT2D eigenvalue weighted by atomic mass is 9.71. The Morgan fingerprint density at radius 3 is 1.67 bits per heavy atom. The number of nitrogens with zero attached hydrogens (tertiary/aromatic N) is 3. The smallest absolute Gasteiger partial charge is 0.326 e. The predicted molar refractivity (Wildman–Crippen MR) is 230 cm³/mol. The van der Waals surface area contributed by atoms with Crippen molar-refractivity contribution in [3.63, 3.8) is 0 Å². The zero-order valence-electron chi connectivity index (χ0n) is 35.6. The number of carbonyl (C=O) groups is 2. The number of hydrogen-bond donors (Lipinski definition) is 0. The molecule has 334 valence electrons. The first kappa shape index (κ1) is 45.8. The summed E-state index contributed by atoms with van der Waals surface area (Å²) in [7, 11) is 0. The maximum absolute atomic E-state index is 14.9. The van der Waals surface area contributed by atoms with E-state index in [1.807, 2.05) is 121 Å². The Morgan fingerprint density at radius 2 is 1.16 bits per heavy atom. The van der Waals surface area contributed by atoms with Crippen LogP contribution in [0.2, 0.25) is 0 Å². The van der Waals surface area contributed by atoms with Crippen molar-refractivity contribution in [2.24, 2.45) is 5.41 Å². The summed E-state index contributed by atoms with van der Waals surface area (Å²) in [6.07, 6.45) is -3.24. The molecule has 0 spiro atoms. The third-order valence-corrected chi connectivity index (χ3v) is 11.1. The summed E-state index contributed by atoms with van der Waals surface area (Å²) in [6, 6.07) is 38.1. The average molecular weight is 878 g/mol. The van der Waals surface area contributed by atoms with Crippen molar-refractivity contribution in [1.29, 1.82) is 0 Å². The van der Waals surface area contributed by atoms with Gasteiger partial charge in [0.15, 0.2) is 22.9 Å². The van der Waals surface area contributed by atoms with E-state index in [0.29, 0.717) is 0 Å². The molecule has 2 heterocycles. The maximum atomic E-state index is 14.9. The minimum absolute atomic E-state index is 0.00698. The van der Waals surface area contributed by atoms with Gasteiger partial charge in [0.2, 0.25) is 0 Å². The van der Waals surface area contributed by atoms with Crippen molar-refractivity contribution < 1.29 is 51.2 Å². The van der Waals surface area contributed by atoms with Crippen molar-refractivity contribution in [3.05, 3.63) is 179 Å². The lowest BCUT2D eigenvalue weighted by Gasteiger charge is -2.50. The Hall–Kier alpha value is -6.19. The molecule has 5 aromatic carbocycles. The Morgan fingerprint density at radius 1 is 0.672 bits per heavy atom. The number of esters is 2. The second-order valence-corrected chi connectivity index (χ2v) is 15.3. The molecule has 11 nitrogen and oxygen atoms in total. The van der Waals surface area contributed by atoms with E-state index >= 15 is 0 Å². The van der Waals surface area contributed by atoms with Crippen molar-refractivity contribution in [1.82, 2.24) is 15.0 Å². The molecular formula is C50H50F3N3O8. The summed E-state index contributed by atoms with van der Waals surface area (Å²) in [5.74, 6) is -6.22. The van der Waals surface area contributed by atoms with Crippen LogP contribution in [0.25, 0.3) is 11.3 Å². The molecule has 1 fully saturated rings. The topological polar surface area (TPSA) is 120 Å². The first-order chi connectivity index (χ1) is 31.2. The van der Waals surface area contributed by atoms with Crippen LogP contribution >= 0.6 is 0 Å². The molecule has 0 saturated carbocycles. The van der Waals surface area contributed by atoms with E-state index in [4.69, 9.17) is 28.4 Å². The molecule has 0 radical (unpaired) electrons. The zero-order valence-corrected chi connectivity index (χ0v) is 35.6. The quantitative estimate of drug-likeness (QED) is 0.0418. The van der Waals surface area contributed by atoms with Crippen LogP contribution in [0.5, 0.6) is 0 Å². The van der Waals surface area contributed by atoms with Crippen molar-refractivity contribution in [3.8, 4) is 11.3 Å². The van der Waals surface area contributed by atoms with Crippen LogP contribution in [-0.2, 0) is 64.3 Å². The highest BCUT2D eigenvalue weighted by atomic mass is 19.2. The molecule has 14 heteroatoms. The summed E-state index contributed by atoms with van der Waals surface area (Å²) in [6.45, 7) is 3.26. The summed E-state index contributed by atoms with van der Waals surface area (Å²) in [5, 5.41) is 8.77. The summed E-state index contributed by atoms with van der Waals surface area (Å²) < 4.78 is 83.7. The van der Waals surface area contributed by atoms with Gasteiger partial charge in [-0.2, -0.15) is 0 Å². The molecule has 1 aromatic heterocycles. The number of carbonyl (C=O) groups excluding carboxylic acids is 2. The molecule has 0 aliphatic carbocycles. The number of halogens is 3. The predicted octanol–water partition coefficient (Wildman–Crippen LogP) is 8.80. The van der Waals surface area contributed by atoms with E-state index < -0.39 is 65.3 Å². The van der Waals surface area contributed by atoms with Crippen LogP contribution in [0.15, 0.2) is 140 Å². The standard InChI is InChI=1S/C50H50F3N3O8/c1-3-60-48(57)50(49(58)61-4-2,26-25-34-17-9-5-10-18-34)47-46(63-32-37-23-15-8-16-24-37)44(56-29-41(54-55-56)38-27-39(51)43(53)40(52)28-38)45(62-31-36-21-13-7-14-22-36)42(64-47)33-59-30-35-19-11-6-12-20-35/h5-24,27-29,42,44-47H,3-4,25-26,30-33H2,1-2H3. The van der Waals surface area contributed by atoms with E-state index in [0.717, 1.165) is 34.4 Å². The average Bonchev–Trinajstić information content (AvgIpc) is 3.81. The Bertz CT molecular complexity index is 2370. The van der Waals surface area contributed by atoms with Gasteiger partial charge in [-0.1, -0.05) is 127 Å². The highest BCUT2D eigenvalue weighted by Crippen LogP contribution is 2.46. The number of benzene rings is 5. The minimum Gasteiger partial charge on any atom is -0.465 e. The SMILES string of the molecule is CCOC(=O)C(CCc1ccccc1)(C(=O)OCC)C1OC(COCc2ccccc2)C(OCc2ccccc2)C(n2cc(-c3cc(F)c(F)c(F)c3)nn2)C1OCc1ccccc1. The molecule has 1 saturated heterocycles. The normalized spacial score (nSPS) is 18.7. The van der Waals surface area contributed by atoms with Gasteiger partial charge in [-0.3, -0.25) is 9.59 Å². The van der Waals surface area contributed by atoms with E-state index in [9.17, 15) is 22.8 Å². The van der Waals surface area contributed by atoms with Gasteiger partial charge in [0.05, 0.1) is 45.8 Å². The van der Waals surface area contributed by atoms with Crippen molar-refractivity contribution in [2.45, 2.75) is 77.0 Å². The molecule has 1 aliphatic rings. The number of aromatic nitrogens is 3. The summed E-state index contributed by atoms with van der Waals surface area (Å²) >= 11 is 0. The van der Waals surface area contributed by atoms with Crippen molar-refractivity contribution in [2.75, 3.05) is 19.8 Å². The van der Waals surface area contributed by atoms with Crippen LogP contribution in [0, 0.1) is 22.9 Å². The van der Waals surface area contributed by atoms with E-state index in [1.54, 1.807) is 13.8 Å². The van der Waals surface area contributed by atoms with Gasteiger partial charge in [0, 0.05) is 5.56 Å². The molecule has 5 atom stereocenters. The molecule has 1 aliphatic heterocycles. The zero-order chi connectivity index (χ0) is 44.9. The van der Waals surface area contributed by atoms with Gasteiger partial charge < -0.3 is 28.4 Å². The number of rotatable bonds is 20. The molecule has 0 bridgehead atoms. The Labute approximate surface area is 370 Å². The number of ether oxygens (including phenoxy) is 6. The van der Waals surface area contributed by atoms with Gasteiger partial charge in [-0.15, -0.1) is 5.10 Å². The van der Waals surface area contributed by atoms with Crippen LogP contribution in [0.3, 0.4) is 0 Å². The van der Waals surface area contributed by atoms with Gasteiger partial charge in [-0.25, -0.2) is 17.9 Å². The van der Waals surface area contributed by atoms with Gasteiger partial charge in [0.25, 0.3) is 0 Å². The second-order valence-electron chi connectivity index (χ2n) is 15.3. The highest BCUT2D eigenvalue weighted by molar-refractivity contribution is 6.01. The fourth-order valence-electron chi connectivity index (χ4n) is 7.98. The van der Waals surface area contributed by atoms with E-state index in [2.05, 4.69) is 10.3 Å². The highest BCUT2D eigenvalue weighted by Gasteiger charge is 2.64. The van der Waals surface area contributed by atoms with Crippen LogP contribution in [0.4, 0.5) is 13.2 Å². The Kier molecular flexibility index (Phi) is 15.7. The molecule has 0 amide bonds. The first-order valence-corrected chi connectivity index (χ1v) is 21.2. The first-order valence-electron chi connectivity index (χ1n) is 21.2. The lowest BCUT2D eigenvalue weighted by Crippen LogP contribution is -2.66. The molecule has 64 heavy (non-hydrogen) atoms. The van der Waals surface area contributed by atoms with Crippen LogP contribution in [0.1, 0.15) is 48.6 Å². The van der Waals surface area contributed by atoms with Gasteiger partial charge >= 0.3 is 11.9 Å². The largest absolute Gasteiger partial charge is 0.465 e. The summed E-state index contributed by atoms with van der Waals surface area (Å²) in [4.78, 5) is 29.8. The molecular weight excluding hydrogens is 828 g/mol. The number of hydrogen-bond acceptors (Lipinski definition) is 10. The minimum atomic E-state index is -2.16. The monoisotopic (exact) mass is 877 g/mol. The van der Waals surface area contributed by atoms with Gasteiger partial charge in [0.1, 0.15) is 36.2 Å². The summed E-state index contributed by atoms with van der Waals surface area (Å²) in [5.41, 5.74) is 1.04. The van der Waals surface area contributed by atoms with Crippen molar-refractivity contribution >= 4 is 11.9 Å². The molecule has 7 rings (SSSR count). The Balaban J connectivity index is 1.42. The third-order valence-electron chi connectivity index (χ3n) is 11.1. The number of aryl methyl sites for hydroxylation is 1. The molecule has 5 unspecified atom stereocenters. The molecule has 6 aromatic rings.